The molecule has 0 radical (unpaired) electrons. The molecule has 0 atom stereocenters. The Morgan fingerprint density at radius 3 is 2.92 bits per heavy atom. The molecule has 0 aliphatic rings. The number of aromatic nitrogens is 4. The first-order chi connectivity index (χ1) is 11.7. The summed E-state index contributed by atoms with van der Waals surface area (Å²) in [6.07, 6.45) is 0. The number of rotatable bonds is 4. The van der Waals surface area contributed by atoms with Gasteiger partial charge in [-0.15, -0.1) is 5.10 Å². The monoisotopic (exact) mass is 339 g/mol. The second kappa shape index (κ2) is 5.89. The van der Waals surface area contributed by atoms with Crippen molar-refractivity contribution in [2.45, 2.75) is 13.5 Å². The van der Waals surface area contributed by atoms with Crippen LogP contribution in [0.1, 0.15) is 11.5 Å². The average Bonchev–Trinajstić information content (AvgIpc) is 3.20. The Morgan fingerprint density at radius 1 is 1.25 bits per heavy atom. The molecule has 3 aromatic heterocycles. The lowest BCUT2D eigenvalue weighted by Crippen LogP contribution is -2.14. The van der Waals surface area contributed by atoms with Crippen molar-refractivity contribution < 1.29 is 4.52 Å². The fourth-order valence-electron chi connectivity index (χ4n) is 2.30. The Morgan fingerprint density at radius 2 is 2.08 bits per heavy atom. The Hall–Kier alpha value is -3.00. The third-order valence-corrected chi connectivity index (χ3v) is 4.28. The number of aryl methyl sites for hydroxylation is 1. The summed E-state index contributed by atoms with van der Waals surface area (Å²) in [5.74, 6) is 0.685. The van der Waals surface area contributed by atoms with Gasteiger partial charge in [-0.25, -0.2) is 4.98 Å². The van der Waals surface area contributed by atoms with Crippen LogP contribution < -0.4 is 10.9 Å². The van der Waals surface area contributed by atoms with Crippen molar-refractivity contribution in [2.24, 2.45) is 0 Å². The zero-order chi connectivity index (χ0) is 16.5. The van der Waals surface area contributed by atoms with E-state index in [0.717, 1.165) is 11.3 Å². The molecule has 1 aromatic carbocycles. The molecule has 3 heterocycles. The SMILES string of the molecule is Cc1cc(=O)n2nc(NCc3cc(-c4ccccc4)no3)sc2n1. The molecule has 7 nitrogen and oxygen atoms in total. The topological polar surface area (TPSA) is 85.3 Å². The van der Waals surface area contributed by atoms with Gasteiger partial charge in [0.1, 0.15) is 5.69 Å². The first-order valence-corrected chi connectivity index (χ1v) is 8.13. The predicted molar refractivity (Wildman–Crippen MR) is 91.1 cm³/mol. The summed E-state index contributed by atoms with van der Waals surface area (Å²) < 4.78 is 6.63. The summed E-state index contributed by atoms with van der Waals surface area (Å²) in [6.45, 7) is 2.21. The first-order valence-electron chi connectivity index (χ1n) is 7.31. The van der Waals surface area contributed by atoms with Crippen LogP contribution in [0.15, 0.2) is 51.8 Å². The number of hydrogen-bond acceptors (Lipinski definition) is 7. The average molecular weight is 339 g/mol. The van der Waals surface area contributed by atoms with Gasteiger partial charge < -0.3 is 9.84 Å². The van der Waals surface area contributed by atoms with Crippen molar-refractivity contribution in [3.63, 3.8) is 0 Å². The van der Waals surface area contributed by atoms with Crippen molar-refractivity contribution in [3.05, 3.63) is 64.3 Å². The van der Waals surface area contributed by atoms with Gasteiger partial charge in [-0.2, -0.15) is 4.52 Å². The summed E-state index contributed by atoms with van der Waals surface area (Å²) >= 11 is 1.32. The molecule has 0 spiro atoms. The Labute approximate surface area is 140 Å². The highest BCUT2D eigenvalue weighted by Gasteiger charge is 2.10. The van der Waals surface area contributed by atoms with Crippen molar-refractivity contribution in [2.75, 3.05) is 5.32 Å². The molecule has 0 aliphatic heterocycles. The fourth-order valence-corrected chi connectivity index (χ4v) is 3.14. The van der Waals surface area contributed by atoms with E-state index in [-0.39, 0.29) is 5.56 Å². The van der Waals surface area contributed by atoms with E-state index in [9.17, 15) is 4.79 Å². The zero-order valence-corrected chi connectivity index (χ0v) is 13.6. The van der Waals surface area contributed by atoms with E-state index < -0.39 is 0 Å². The van der Waals surface area contributed by atoms with Gasteiger partial charge in [0.2, 0.25) is 10.1 Å². The van der Waals surface area contributed by atoms with Crippen LogP contribution in [0.3, 0.4) is 0 Å². The maximum Gasteiger partial charge on any atom is 0.275 e. The van der Waals surface area contributed by atoms with Crippen LogP contribution in [-0.4, -0.2) is 19.8 Å². The van der Waals surface area contributed by atoms with E-state index in [1.807, 2.05) is 36.4 Å². The van der Waals surface area contributed by atoms with Gasteiger partial charge in [0.15, 0.2) is 5.76 Å². The minimum Gasteiger partial charge on any atom is -0.359 e. The maximum atomic E-state index is 11.9. The van der Waals surface area contributed by atoms with Crippen LogP contribution in [0.2, 0.25) is 0 Å². The molecule has 24 heavy (non-hydrogen) atoms. The van der Waals surface area contributed by atoms with Crippen LogP contribution in [-0.2, 0) is 6.54 Å². The van der Waals surface area contributed by atoms with E-state index >= 15 is 0 Å². The molecule has 0 aliphatic carbocycles. The standard InChI is InChI=1S/C16H13N5O2S/c1-10-7-14(22)21-16(18-10)24-15(19-21)17-9-12-8-13(20-23-12)11-5-3-2-4-6-11/h2-8H,9H2,1H3,(H,17,19). The van der Waals surface area contributed by atoms with Crippen molar-refractivity contribution >= 4 is 21.4 Å². The number of fused-ring (bicyclic) bond motifs is 1. The number of benzene rings is 1. The van der Waals surface area contributed by atoms with Gasteiger partial charge in [0.05, 0.1) is 6.54 Å². The second-order valence-electron chi connectivity index (χ2n) is 5.24. The summed E-state index contributed by atoms with van der Waals surface area (Å²) in [5.41, 5.74) is 2.27. The van der Waals surface area contributed by atoms with E-state index in [1.165, 1.54) is 21.9 Å². The fraction of sp³-hybridized carbons (Fsp3) is 0.125. The largest absolute Gasteiger partial charge is 0.359 e. The van der Waals surface area contributed by atoms with Crippen molar-refractivity contribution in [3.8, 4) is 11.3 Å². The predicted octanol–water partition coefficient (Wildman–Crippen LogP) is 2.73. The van der Waals surface area contributed by atoms with Gasteiger partial charge in [-0.05, 0) is 6.92 Å². The third kappa shape index (κ3) is 2.79. The summed E-state index contributed by atoms with van der Waals surface area (Å²) in [6, 6.07) is 13.2. The molecule has 4 aromatic rings. The molecule has 0 saturated heterocycles. The molecular weight excluding hydrogens is 326 g/mol. The smallest absolute Gasteiger partial charge is 0.275 e. The van der Waals surface area contributed by atoms with E-state index in [1.54, 1.807) is 6.92 Å². The quantitative estimate of drug-likeness (QED) is 0.615. The number of nitrogens with zero attached hydrogens (tertiary/aromatic N) is 4. The first kappa shape index (κ1) is 14.6. The van der Waals surface area contributed by atoms with E-state index in [4.69, 9.17) is 4.52 Å². The minimum absolute atomic E-state index is 0.187. The third-order valence-electron chi connectivity index (χ3n) is 3.42. The van der Waals surface area contributed by atoms with Crippen LogP contribution in [0.4, 0.5) is 5.13 Å². The highest BCUT2D eigenvalue weighted by atomic mass is 32.1. The molecule has 0 fully saturated rings. The Kier molecular flexibility index (Phi) is 3.58. The molecule has 0 unspecified atom stereocenters. The lowest BCUT2D eigenvalue weighted by atomic mass is 10.1. The summed E-state index contributed by atoms with van der Waals surface area (Å²) in [7, 11) is 0. The Bertz CT molecular complexity index is 1050. The molecular formula is C16H13N5O2S. The van der Waals surface area contributed by atoms with Gasteiger partial charge >= 0.3 is 0 Å². The van der Waals surface area contributed by atoms with E-state index in [0.29, 0.717) is 28.1 Å². The molecule has 1 N–H and O–H groups in total. The molecule has 0 saturated carbocycles. The van der Waals surface area contributed by atoms with E-state index in [2.05, 4.69) is 20.6 Å². The summed E-state index contributed by atoms with van der Waals surface area (Å²) in [4.78, 5) is 16.7. The van der Waals surface area contributed by atoms with Gasteiger partial charge in [-0.1, -0.05) is 46.8 Å². The number of nitrogens with one attached hydrogen (secondary N) is 1. The number of anilines is 1. The highest BCUT2D eigenvalue weighted by molar-refractivity contribution is 7.20. The van der Waals surface area contributed by atoms with Crippen LogP contribution in [0, 0.1) is 6.92 Å². The lowest BCUT2D eigenvalue weighted by Gasteiger charge is -1.95. The molecule has 8 heteroatoms. The lowest BCUT2D eigenvalue weighted by molar-refractivity contribution is 0.390. The zero-order valence-electron chi connectivity index (χ0n) is 12.8. The molecule has 0 amide bonds. The number of hydrogen-bond donors (Lipinski definition) is 1. The Balaban J connectivity index is 1.52. The van der Waals surface area contributed by atoms with Gasteiger partial charge in [0, 0.05) is 23.4 Å². The minimum atomic E-state index is -0.187. The maximum absolute atomic E-state index is 11.9. The highest BCUT2D eigenvalue weighted by Crippen LogP contribution is 2.21. The molecule has 0 bridgehead atoms. The van der Waals surface area contributed by atoms with Crippen molar-refractivity contribution in [1.29, 1.82) is 0 Å². The normalized spacial score (nSPS) is 11.0. The van der Waals surface area contributed by atoms with Gasteiger partial charge in [-0.3, -0.25) is 4.79 Å². The van der Waals surface area contributed by atoms with Crippen LogP contribution >= 0.6 is 11.3 Å². The van der Waals surface area contributed by atoms with Crippen LogP contribution in [0.5, 0.6) is 0 Å². The summed E-state index contributed by atoms with van der Waals surface area (Å²) in [5, 5.41) is 12.0. The second-order valence-corrected chi connectivity index (χ2v) is 6.19. The molecule has 120 valence electrons. The van der Waals surface area contributed by atoms with Crippen molar-refractivity contribution in [1.82, 2.24) is 19.8 Å². The van der Waals surface area contributed by atoms with Crippen LogP contribution in [0.25, 0.3) is 16.2 Å². The molecule has 4 rings (SSSR count). The van der Waals surface area contributed by atoms with Gasteiger partial charge in [0.25, 0.3) is 5.56 Å².